The van der Waals surface area contributed by atoms with Crippen LogP contribution in [0.25, 0.3) is 11.1 Å². The van der Waals surface area contributed by atoms with Crippen LogP contribution in [0.4, 0.5) is 0 Å². The zero-order chi connectivity index (χ0) is 21.3. The molecule has 0 spiro atoms. The molecule has 7 nitrogen and oxygen atoms in total. The molecule has 1 saturated heterocycles. The Hall–Kier alpha value is -3.48. The van der Waals surface area contributed by atoms with Gasteiger partial charge in [-0.3, -0.25) is 19.5 Å². The molecular formula is C23H24N4O3. The SMILES string of the molecule is CC(=O)c1cc(C(=O)N2CCC(c3[nH]ncc3-c3ccccc3)CC2)c(=O)[nH]c1C. The quantitative estimate of drug-likeness (QED) is 0.652. The Kier molecular flexibility index (Phi) is 5.35. The Balaban J connectivity index is 1.51. The van der Waals surface area contributed by atoms with Gasteiger partial charge in [-0.15, -0.1) is 0 Å². The second kappa shape index (κ2) is 8.10. The molecule has 2 aromatic heterocycles. The molecule has 1 aliphatic rings. The van der Waals surface area contributed by atoms with Crippen molar-refractivity contribution in [2.75, 3.05) is 13.1 Å². The van der Waals surface area contributed by atoms with E-state index in [0.29, 0.717) is 24.3 Å². The van der Waals surface area contributed by atoms with E-state index in [4.69, 9.17) is 0 Å². The maximum absolute atomic E-state index is 13.0. The molecule has 3 aromatic rings. The number of rotatable bonds is 4. The number of H-pyrrole nitrogens is 2. The molecule has 1 aromatic carbocycles. The Morgan fingerprint density at radius 1 is 1.10 bits per heavy atom. The van der Waals surface area contributed by atoms with Gasteiger partial charge in [0.15, 0.2) is 5.78 Å². The van der Waals surface area contributed by atoms with Crippen molar-refractivity contribution in [2.24, 2.45) is 0 Å². The van der Waals surface area contributed by atoms with Crippen molar-refractivity contribution in [2.45, 2.75) is 32.6 Å². The van der Waals surface area contributed by atoms with Crippen molar-refractivity contribution in [3.63, 3.8) is 0 Å². The second-order valence-electron chi connectivity index (χ2n) is 7.74. The summed E-state index contributed by atoms with van der Waals surface area (Å²) in [6.07, 6.45) is 3.39. The van der Waals surface area contributed by atoms with Gasteiger partial charge < -0.3 is 9.88 Å². The van der Waals surface area contributed by atoms with Crippen LogP contribution in [0.2, 0.25) is 0 Å². The van der Waals surface area contributed by atoms with E-state index in [9.17, 15) is 14.4 Å². The van der Waals surface area contributed by atoms with Gasteiger partial charge in [-0.25, -0.2) is 0 Å². The number of hydrogen-bond acceptors (Lipinski definition) is 4. The highest BCUT2D eigenvalue weighted by molar-refractivity contribution is 6.00. The van der Waals surface area contributed by atoms with Gasteiger partial charge in [0.2, 0.25) is 0 Å². The van der Waals surface area contributed by atoms with Crippen molar-refractivity contribution < 1.29 is 9.59 Å². The van der Waals surface area contributed by atoms with Crippen LogP contribution in [-0.4, -0.2) is 44.9 Å². The van der Waals surface area contributed by atoms with E-state index in [2.05, 4.69) is 27.3 Å². The summed E-state index contributed by atoms with van der Waals surface area (Å²) >= 11 is 0. The first kappa shape index (κ1) is 19.8. The molecule has 0 unspecified atom stereocenters. The number of hydrogen-bond donors (Lipinski definition) is 2. The number of amides is 1. The van der Waals surface area contributed by atoms with Gasteiger partial charge >= 0.3 is 0 Å². The Labute approximate surface area is 174 Å². The summed E-state index contributed by atoms with van der Waals surface area (Å²) in [6, 6.07) is 11.5. The average Bonchev–Trinajstić information content (AvgIpc) is 3.24. The number of piperidine rings is 1. The maximum Gasteiger partial charge on any atom is 0.261 e. The van der Waals surface area contributed by atoms with Gasteiger partial charge in [0, 0.05) is 41.5 Å². The Bertz CT molecular complexity index is 1140. The molecule has 7 heteroatoms. The van der Waals surface area contributed by atoms with Crippen LogP contribution in [0.3, 0.4) is 0 Å². The lowest BCUT2D eigenvalue weighted by atomic mass is 9.89. The summed E-state index contributed by atoms with van der Waals surface area (Å²) in [4.78, 5) is 41.4. The van der Waals surface area contributed by atoms with Crippen LogP contribution in [0.1, 0.15) is 57.8 Å². The maximum atomic E-state index is 13.0. The number of carbonyl (C=O) groups is 2. The molecule has 4 rings (SSSR count). The van der Waals surface area contributed by atoms with Crippen LogP contribution < -0.4 is 5.56 Å². The third-order valence-electron chi connectivity index (χ3n) is 5.79. The minimum absolute atomic E-state index is 0.0239. The van der Waals surface area contributed by atoms with Crippen LogP contribution in [0.5, 0.6) is 0 Å². The Morgan fingerprint density at radius 2 is 1.80 bits per heavy atom. The fraction of sp³-hybridized carbons (Fsp3) is 0.304. The van der Waals surface area contributed by atoms with Gasteiger partial charge in [-0.05, 0) is 38.3 Å². The predicted octanol–water partition coefficient (Wildman–Crippen LogP) is 3.30. The molecule has 0 saturated carbocycles. The third-order valence-corrected chi connectivity index (χ3v) is 5.79. The van der Waals surface area contributed by atoms with Gasteiger partial charge in [-0.2, -0.15) is 5.10 Å². The predicted molar refractivity (Wildman–Crippen MR) is 114 cm³/mol. The number of ketones is 1. The highest BCUT2D eigenvalue weighted by Gasteiger charge is 2.28. The van der Waals surface area contributed by atoms with Gasteiger partial charge in [0.05, 0.1) is 6.20 Å². The van der Waals surface area contributed by atoms with E-state index in [1.165, 1.54) is 13.0 Å². The summed E-state index contributed by atoms with van der Waals surface area (Å²) < 4.78 is 0. The number of pyridine rings is 1. The van der Waals surface area contributed by atoms with E-state index in [1.54, 1.807) is 11.8 Å². The van der Waals surface area contributed by atoms with Crippen molar-refractivity contribution in [3.05, 3.63) is 75.5 Å². The number of aryl methyl sites for hydroxylation is 1. The first-order valence-corrected chi connectivity index (χ1v) is 10.1. The lowest BCUT2D eigenvalue weighted by molar-refractivity contribution is 0.0710. The summed E-state index contributed by atoms with van der Waals surface area (Å²) in [5.41, 5.74) is 3.71. The molecule has 30 heavy (non-hydrogen) atoms. The molecule has 0 aliphatic carbocycles. The molecule has 1 amide bonds. The zero-order valence-electron chi connectivity index (χ0n) is 17.1. The van der Waals surface area contributed by atoms with Crippen molar-refractivity contribution in [3.8, 4) is 11.1 Å². The van der Waals surface area contributed by atoms with Crippen LogP contribution in [0, 0.1) is 6.92 Å². The van der Waals surface area contributed by atoms with Gasteiger partial charge in [-0.1, -0.05) is 30.3 Å². The lowest BCUT2D eigenvalue weighted by Crippen LogP contribution is -2.40. The van der Waals surface area contributed by atoms with Crippen LogP contribution in [0.15, 0.2) is 47.4 Å². The lowest BCUT2D eigenvalue weighted by Gasteiger charge is -2.32. The number of likely N-dealkylation sites (tertiary alicyclic amines) is 1. The summed E-state index contributed by atoms with van der Waals surface area (Å²) in [5, 5.41) is 7.38. The van der Waals surface area contributed by atoms with E-state index in [0.717, 1.165) is 29.7 Å². The third kappa shape index (κ3) is 3.70. The van der Waals surface area contributed by atoms with E-state index < -0.39 is 5.56 Å². The smallest absolute Gasteiger partial charge is 0.261 e. The molecule has 1 aliphatic heterocycles. The number of aromatic nitrogens is 3. The van der Waals surface area contributed by atoms with E-state index in [1.807, 2.05) is 24.4 Å². The largest absolute Gasteiger partial charge is 0.338 e. The number of nitrogens with zero attached hydrogens (tertiary/aromatic N) is 2. The van der Waals surface area contributed by atoms with Gasteiger partial charge in [0.1, 0.15) is 5.56 Å². The number of aromatic amines is 2. The summed E-state index contributed by atoms with van der Waals surface area (Å²) in [6.45, 7) is 4.17. The fourth-order valence-electron chi connectivity index (χ4n) is 4.14. The van der Waals surface area contributed by atoms with E-state index in [-0.39, 0.29) is 23.2 Å². The average molecular weight is 404 g/mol. The molecule has 0 atom stereocenters. The number of benzene rings is 1. The molecule has 3 heterocycles. The highest BCUT2D eigenvalue weighted by atomic mass is 16.2. The van der Waals surface area contributed by atoms with Crippen molar-refractivity contribution in [1.29, 1.82) is 0 Å². The zero-order valence-corrected chi connectivity index (χ0v) is 17.1. The minimum Gasteiger partial charge on any atom is -0.338 e. The first-order chi connectivity index (χ1) is 14.5. The first-order valence-electron chi connectivity index (χ1n) is 10.1. The topological polar surface area (TPSA) is 98.9 Å². The normalized spacial score (nSPS) is 14.7. The number of carbonyl (C=O) groups excluding carboxylic acids is 2. The number of nitrogens with one attached hydrogen (secondary N) is 2. The van der Waals surface area contributed by atoms with Crippen LogP contribution >= 0.6 is 0 Å². The molecule has 0 bridgehead atoms. The standard InChI is InChI=1S/C23H24N4O3/c1-14-18(15(2)28)12-19(22(29)25-14)23(30)27-10-8-17(9-11-27)21-20(13-24-26-21)16-6-4-3-5-7-16/h3-7,12-13,17H,8-11H2,1-2H3,(H,24,26)(H,25,29). The molecular weight excluding hydrogens is 380 g/mol. The highest BCUT2D eigenvalue weighted by Crippen LogP contribution is 2.34. The molecule has 1 fully saturated rings. The van der Waals surface area contributed by atoms with Crippen molar-refractivity contribution >= 4 is 11.7 Å². The minimum atomic E-state index is -0.454. The second-order valence-corrected chi connectivity index (χ2v) is 7.74. The molecule has 0 radical (unpaired) electrons. The molecule has 154 valence electrons. The summed E-state index contributed by atoms with van der Waals surface area (Å²) in [7, 11) is 0. The summed E-state index contributed by atoms with van der Waals surface area (Å²) in [5.74, 6) is -0.245. The van der Waals surface area contributed by atoms with E-state index >= 15 is 0 Å². The van der Waals surface area contributed by atoms with Crippen molar-refractivity contribution in [1.82, 2.24) is 20.1 Å². The van der Waals surface area contributed by atoms with Crippen LogP contribution in [-0.2, 0) is 0 Å². The molecule has 2 N–H and O–H groups in total. The monoisotopic (exact) mass is 404 g/mol. The number of Topliss-reactive ketones (excluding diaryl/α,β-unsaturated/α-hetero) is 1. The Morgan fingerprint density at radius 3 is 2.47 bits per heavy atom. The van der Waals surface area contributed by atoms with Gasteiger partial charge in [0.25, 0.3) is 11.5 Å². The fourth-order valence-corrected chi connectivity index (χ4v) is 4.14.